The molecule has 1 heterocycles. The van der Waals surface area contributed by atoms with Crippen LogP contribution < -0.4 is 0 Å². The van der Waals surface area contributed by atoms with Crippen LogP contribution >= 0.6 is 0 Å². The maximum absolute atomic E-state index is 11.6. The number of aliphatic hydroxyl groups is 1. The molecule has 0 aliphatic heterocycles. The molecule has 0 saturated carbocycles. The predicted molar refractivity (Wildman–Crippen MR) is 47.3 cm³/mol. The first-order chi connectivity index (χ1) is 7.42. The average molecular weight is 239 g/mol. The number of halogens is 3. The normalized spacial score (nSPS) is 14.1. The molecule has 1 atom stereocenters. The summed E-state index contributed by atoms with van der Waals surface area (Å²) in [7, 11) is 0. The van der Waals surface area contributed by atoms with Crippen LogP contribution in [0.3, 0.4) is 0 Å². The van der Waals surface area contributed by atoms with Gasteiger partial charge in [-0.2, -0.15) is 0 Å². The predicted octanol–water partition coefficient (Wildman–Crippen LogP) is 1.26. The van der Waals surface area contributed by atoms with E-state index in [0.717, 1.165) is 0 Å². The molecule has 0 radical (unpaired) electrons. The third-order valence-corrected chi connectivity index (χ3v) is 1.87. The monoisotopic (exact) mass is 239 g/mol. The lowest BCUT2D eigenvalue weighted by Crippen LogP contribution is -2.17. The van der Waals surface area contributed by atoms with E-state index in [1.807, 2.05) is 0 Å². The molecule has 8 heteroatoms. The highest BCUT2D eigenvalue weighted by atomic mass is 19.4. The average Bonchev–Trinajstić information content (AvgIpc) is 2.63. The van der Waals surface area contributed by atoms with Gasteiger partial charge < -0.3 is 5.11 Å². The first-order valence-corrected chi connectivity index (χ1v) is 4.71. The van der Waals surface area contributed by atoms with Crippen molar-refractivity contribution >= 4 is 0 Å². The lowest BCUT2D eigenvalue weighted by Gasteiger charge is -2.06. The first-order valence-electron chi connectivity index (χ1n) is 4.71. The van der Waals surface area contributed by atoms with Crippen LogP contribution in [-0.2, 0) is 11.3 Å². The number of rotatable bonds is 5. The third-order valence-electron chi connectivity index (χ3n) is 1.87. The standard InChI is InChI=1S/C8H12F3N3O2/c1-2-7(15)6-5-14(13-12-6)3-4-16-8(9,10)11/h5,7,15H,2-4H2,1H3. The lowest BCUT2D eigenvalue weighted by molar-refractivity contribution is -0.325. The maximum atomic E-state index is 11.6. The Morgan fingerprint density at radius 3 is 2.81 bits per heavy atom. The number of aromatic nitrogens is 3. The molecule has 0 fully saturated rings. The fourth-order valence-corrected chi connectivity index (χ4v) is 1.04. The Kier molecular flexibility index (Phi) is 4.25. The van der Waals surface area contributed by atoms with Gasteiger partial charge in [0, 0.05) is 0 Å². The van der Waals surface area contributed by atoms with Gasteiger partial charge in [-0.3, -0.25) is 4.74 Å². The van der Waals surface area contributed by atoms with Gasteiger partial charge in [-0.15, -0.1) is 18.3 Å². The molecule has 1 unspecified atom stereocenters. The van der Waals surface area contributed by atoms with Crippen molar-refractivity contribution < 1.29 is 23.0 Å². The molecule has 0 aliphatic rings. The summed E-state index contributed by atoms with van der Waals surface area (Å²) in [6, 6.07) is 0. The van der Waals surface area contributed by atoms with Crippen LogP contribution in [0.15, 0.2) is 6.20 Å². The summed E-state index contributed by atoms with van der Waals surface area (Å²) in [5.74, 6) is 0. The molecule has 5 nitrogen and oxygen atoms in total. The fraction of sp³-hybridized carbons (Fsp3) is 0.750. The van der Waals surface area contributed by atoms with Gasteiger partial charge in [-0.05, 0) is 6.42 Å². The number of nitrogens with zero attached hydrogens (tertiary/aromatic N) is 3. The second-order valence-corrected chi connectivity index (χ2v) is 3.12. The molecule has 1 aromatic rings. The van der Waals surface area contributed by atoms with Crippen LogP contribution in [0.2, 0.25) is 0 Å². The van der Waals surface area contributed by atoms with Gasteiger partial charge in [0.15, 0.2) is 0 Å². The van der Waals surface area contributed by atoms with Gasteiger partial charge >= 0.3 is 6.36 Å². The molecule has 92 valence electrons. The lowest BCUT2D eigenvalue weighted by atomic mass is 10.2. The van der Waals surface area contributed by atoms with Crippen LogP contribution in [0.5, 0.6) is 0 Å². The van der Waals surface area contributed by atoms with Crippen molar-refractivity contribution in [1.29, 1.82) is 0 Å². The molecule has 16 heavy (non-hydrogen) atoms. The molecular weight excluding hydrogens is 227 g/mol. The molecule has 0 saturated heterocycles. The zero-order chi connectivity index (χ0) is 12.2. The van der Waals surface area contributed by atoms with Crippen LogP contribution in [0.4, 0.5) is 13.2 Å². The van der Waals surface area contributed by atoms with Crippen molar-refractivity contribution in [2.24, 2.45) is 0 Å². The molecule has 1 N–H and O–H groups in total. The Balaban J connectivity index is 2.41. The minimum absolute atomic E-state index is 0.0665. The zero-order valence-corrected chi connectivity index (χ0v) is 8.61. The largest absolute Gasteiger partial charge is 0.522 e. The van der Waals surface area contributed by atoms with Gasteiger partial charge in [0.2, 0.25) is 0 Å². The topological polar surface area (TPSA) is 60.2 Å². The molecule has 0 aliphatic carbocycles. The van der Waals surface area contributed by atoms with Gasteiger partial charge in [0.05, 0.1) is 25.5 Å². The van der Waals surface area contributed by atoms with E-state index in [9.17, 15) is 18.3 Å². The summed E-state index contributed by atoms with van der Waals surface area (Å²) in [4.78, 5) is 0. The van der Waals surface area contributed by atoms with Crippen molar-refractivity contribution in [3.05, 3.63) is 11.9 Å². The smallest absolute Gasteiger partial charge is 0.387 e. The Morgan fingerprint density at radius 2 is 2.25 bits per heavy atom. The highest BCUT2D eigenvalue weighted by molar-refractivity contribution is 4.96. The van der Waals surface area contributed by atoms with Gasteiger partial charge in [0.25, 0.3) is 0 Å². The number of hydrogen-bond donors (Lipinski definition) is 1. The van der Waals surface area contributed by atoms with E-state index in [1.54, 1.807) is 6.92 Å². The number of ether oxygens (including phenoxy) is 1. The van der Waals surface area contributed by atoms with E-state index in [2.05, 4.69) is 15.0 Å². The minimum Gasteiger partial charge on any atom is -0.387 e. The Morgan fingerprint density at radius 1 is 1.56 bits per heavy atom. The summed E-state index contributed by atoms with van der Waals surface area (Å²) in [6.07, 6.45) is -3.50. The molecule has 0 amide bonds. The molecule has 1 aromatic heterocycles. The maximum Gasteiger partial charge on any atom is 0.522 e. The number of aliphatic hydroxyl groups excluding tert-OH is 1. The molecule has 0 bridgehead atoms. The van der Waals surface area contributed by atoms with Crippen molar-refractivity contribution in [2.45, 2.75) is 32.4 Å². The summed E-state index contributed by atoms with van der Waals surface area (Å²) in [6.45, 7) is 1.16. The Bertz CT molecular complexity index is 327. The van der Waals surface area contributed by atoms with Crippen LogP contribution in [-0.4, -0.2) is 33.1 Å². The van der Waals surface area contributed by atoms with Crippen LogP contribution in [0.1, 0.15) is 25.1 Å². The SMILES string of the molecule is CCC(O)c1cn(CCOC(F)(F)F)nn1. The first kappa shape index (κ1) is 12.9. The summed E-state index contributed by atoms with van der Waals surface area (Å²) >= 11 is 0. The molecular formula is C8H12F3N3O2. The highest BCUT2D eigenvalue weighted by Crippen LogP contribution is 2.16. The summed E-state index contributed by atoms with van der Waals surface area (Å²) < 4.78 is 39.7. The second kappa shape index (κ2) is 5.26. The van der Waals surface area contributed by atoms with Gasteiger partial charge in [-0.25, -0.2) is 4.68 Å². The second-order valence-electron chi connectivity index (χ2n) is 3.12. The van der Waals surface area contributed by atoms with Crippen molar-refractivity contribution in [2.75, 3.05) is 6.61 Å². The Hall–Kier alpha value is -1.15. The van der Waals surface area contributed by atoms with E-state index < -0.39 is 19.1 Å². The Labute approximate surface area is 89.8 Å². The van der Waals surface area contributed by atoms with E-state index in [4.69, 9.17) is 0 Å². The van der Waals surface area contributed by atoms with E-state index in [-0.39, 0.29) is 6.54 Å². The van der Waals surface area contributed by atoms with Crippen molar-refractivity contribution in [3.8, 4) is 0 Å². The summed E-state index contributed by atoms with van der Waals surface area (Å²) in [5.41, 5.74) is 0.342. The van der Waals surface area contributed by atoms with Crippen molar-refractivity contribution in [1.82, 2.24) is 15.0 Å². The van der Waals surface area contributed by atoms with E-state index >= 15 is 0 Å². The quantitative estimate of drug-likeness (QED) is 0.840. The number of alkyl halides is 3. The van der Waals surface area contributed by atoms with E-state index in [0.29, 0.717) is 12.1 Å². The van der Waals surface area contributed by atoms with E-state index in [1.165, 1.54) is 10.9 Å². The van der Waals surface area contributed by atoms with Crippen LogP contribution in [0, 0.1) is 0 Å². The summed E-state index contributed by atoms with van der Waals surface area (Å²) in [5, 5.41) is 16.6. The zero-order valence-electron chi connectivity index (χ0n) is 8.61. The van der Waals surface area contributed by atoms with Gasteiger partial charge in [0.1, 0.15) is 5.69 Å². The van der Waals surface area contributed by atoms with Crippen molar-refractivity contribution in [3.63, 3.8) is 0 Å². The molecule has 0 spiro atoms. The van der Waals surface area contributed by atoms with Gasteiger partial charge in [-0.1, -0.05) is 12.1 Å². The number of hydrogen-bond acceptors (Lipinski definition) is 4. The third kappa shape index (κ3) is 4.15. The molecule has 0 aromatic carbocycles. The van der Waals surface area contributed by atoms with Crippen LogP contribution in [0.25, 0.3) is 0 Å². The fourth-order valence-electron chi connectivity index (χ4n) is 1.04. The molecule has 1 rings (SSSR count). The minimum atomic E-state index is -4.63. The highest BCUT2D eigenvalue weighted by Gasteiger charge is 2.28.